The highest BCUT2D eigenvalue weighted by Crippen LogP contribution is 2.50. The Morgan fingerprint density at radius 3 is 2.86 bits per heavy atom. The van der Waals surface area contributed by atoms with E-state index in [1.165, 1.54) is 12.8 Å². The van der Waals surface area contributed by atoms with E-state index < -0.39 is 6.10 Å². The van der Waals surface area contributed by atoms with Crippen LogP contribution in [0.2, 0.25) is 0 Å². The molecular weight excluding hydrogens is 266 g/mol. The molecule has 1 amide bonds. The van der Waals surface area contributed by atoms with Crippen molar-refractivity contribution in [3.8, 4) is 5.75 Å². The second kappa shape index (κ2) is 5.68. The van der Waals surface area contributed by atoms with Gasteiger partial charge in [0.15, 0.2) is 0 Å². The molecule has 21 heavy (non-hydrogen) atoms. The molecule has 1 aliphatic heterocycles. The highest BCUT2D eigenvalue weighted by molar-refractivity contribution is 5.97. The van der Waals surface area contributed by atoms with Gasteiger partial charge in [-0.05, 0) is 37.0 Å². The van der Waals surface area contributed by atoms with Crippen LogP contribution in [0.1, 0.15) is 61.1 Å². The standard InChI is InChI=1S/C17H23NO3/c1-2-17(7-3-4-8-17)15(19)12-5-6-14-13(11-12)16(20)18-9-10-21-14/h5-6,11,15,19H,2-4,7-10H2,1H3,(H,18,20). The molecule has 1 aliphatic carbocycles. The number of hydrogen-bond acceptors (Lipinski definition) is 3. The minimum Gasteiger partial charge on any atom is -0.491 e. The Kier molecular flexibility index (Phi) is 3.89. The van der Waals surface area contributed by atoms with Gasteiger partial charge in [0.25, 0.3) is 5.91 Å². The van der Waals surface area contributed by atoms with E-state index in [1.54, 1.807) is 6.07 Å². The average Bonchev–Trinajstić information content (AvgIpc) is 2.93. The van der Waals surface area contributed by atoms with Crippen LogP contribution in [0.4, 0.5) is 0 Å². The first-order valence-corrected chi connectivity index (χ1v) is 7.89. The summed E-state index contributed by atoms with van der Waals surface area (Å²) in [7, 11) is 0. The summed E-state index contributed by atoms with van der Waals surface area (Å²) in [5.74, 6) is 0.492. The van der Waals surface area contributed by atoms with Crippen molar-refractivity contribution in [1.82, 2.24) is 5.32 Å². The molecule has 2 aliphatic rings. The van der Waals surface area contributed by atoms with Crippen LogP contribution in [0.15, 0.2) is 18.2 Å². The van der Waals surface area contributed by atoms with Crippen LogP contribution < -0.4 is 10.1 Å². The highest BCUT2D eigenvalue weighted by Gasteiger charge is 2.40. The van der Waals surface area contributed by atoms with E-state index in [0.29, 0.717) is 24.5 Å². The quantitative estimate of drug-likeness (QED) is 0.899. The molecule has 1 aromatic rings. The number of amides is 1. The van der Waals surface area contributed by atoms with Crippen LogP contribution in [-0.2, 0) is 0 Å². The SMILES string of the molecule is CCC1(C(O)c2ccc3c(c2)C(=O)NCCO3)CCCC1. The molecular formula is C17H23NO3. The van der Waals surface area contributed by atoms with Crippen molar-refractivity contribution < 1.29 is 14.6 Å². The average molecular weight is 289 g/mol. The van der Waals surface area contributed by atoms with Crippen molar-refractivity contribution in [2.24, 2.45) is 5.41 Å². The van der Waals surface area contributed by atoms with Gasteiger partial charge in [-0.25, -0.2) is 0 Å². The van der Waals surface area contributed by atoms with E-state index in [1.807, 2.05) is 12.1 Å². The summed E-state index contributed by atoms with van der Waals surface area (Å²) in [6, 6.07) is 5.52. The van der Waals surface area contributed by atoms with Crippen LogP contribution in [0, 0.1) is 5.41 Å². The van der Waals surface area contributed by atoms with E-state index in [0.717, 1.165) is 24.8 Å². The predicted octanol–water partition coefficient (Wildman–Crippen LogP) is 2.81. The van der Waals surface area contributed by atoms with Gasteiger partial charge in [-0.2, -0.15) is 0 Å². The first-order valence-electron chi connectivity index (χ1n) is 7.89. The van der Waals surface area contributed by atoms with Crippen molar-refractivity contribution in [3.63, 3.8) is 0 Å². The number of aliphatic hydroxyl groups excluding tert-OH is 1. The second-order valence-corrected chi connectivity index (χ2v) is 6.19. The smallest absolute Gasteiger partial charge is 0.255 e. The van der Waals surface area contributed by atoms with E-state index in [-0.39, 0.29) is 11.3 Å². The van der Waals surface area contributed by atoms with Crippen LogP contribution in [0.3, 0.4) is 0 Å². The molecule has 2 N–H and O–H groups in total. The largest absolute Gasteiger partial charge is 0.491 e. The lowest BCUT2D eigenvalue weighted by Crippen LogP contribution is -2.26. The molecule has 1 saturated carbocycles. The van der Waals surface area contributed by atoms with Crippen molar-refractivity contribution in [3.05, 3.63) is 29.3 Å². The fourth-order valence-corrected chi connectivity index (χ4v) is 3.69. The van der Waals surface area contributed by atoms with Gasteiger partial charge in [-0.3, -0.25) is 4.79 Å². The van der Waals surface area contributed by atoms with Crippen molar-refractivity contribution in [2.75, 3.05) is 13.2 Å². The molecule has 4 heteroatoms. The lowest BCUT2D eigenvalue weighted by molar-refractivity contribution is 0.0237. The number of hydrogen-bond donors (Lipinski definition) is 2. The number of carbonyl (C=O) groups is 1. The number of ether oxygens (including phenoxy) is 1. The predicted molar refractivity (Wildman–Crippen MR) is 80.4 cm³/mol. The summed E-state index contributed by atoms with van der Waals surface area (Å²) in [5.41, 5.74) is 1.34. The molecule has 3 rings (SSSR count). The Morgan fingerprint density at radius 2 is 2.14 bits per heavy atom. The van der Waals surface area contributed by atoms with Crippen molar-refractivity contribution in [2.45, 2.75) is 45.1 Å². The summed E-state index contributed by atoms with van der Waals surface area (Å²) in [5, 5.41) is 13.7. The molecule has 1 heterocycles. The molecule has 0 aromatic heterocycles. The Balaban J connectivity index is 1.94. The molecule has 1 unspecified atom stereocenters. The normalized spacial score (nSPS) is 21.9. The summed E-state index contributed by atoms with van der Waals surface area (Å²) in [6.07, 6.45) is 4.94. The zero-order valence-corrected chi connectivity index (χ0v) is 12.5. The van der Waals surface area contributed by atoms with Gasteiger partial charge < -0.3 is 15.2 Å². The van der Waals surface area contributed by atoms with Crippen molar-refractivity contribution in [1.29, 1.82) is 0 Å². The molecule has 114 valence electrons. The minimum atomic E-state index is -0.508. The summed E-state index contributed by atoms with van der Waals surface area (Å²) < 4.78 is 5.57. The first-order chi connectivity index (χ1) is 10.2. The van der Waals surface area contributed by atoms with Crippen LogP contribution >= 0.6 is 0 Å². The lowest BCUT2D eigenvalue weighted by Gasteiger charge is -2.33. The third-order valence-corrected chi connectivity index (χ3v) is 5.09. The van der Waals surface area contributed by atoms with E-state index in [4.69, 9.17) is 4.74 Å². The fourth-order valence-electron chi connectivity index (χ4n) is 3.69. The van der Waals surface area contributed by atoms with Gasteiger partial charge in [0.2, 0.25) is 0 Å². The molecule has 0 saturated heterocycles. The van der Waals surface area contributed by atoms with Gasteiger partial charge in [0.05, 0.1) is 18.2 Å². The maximum atomic E-state index is 12.1. The number of fused-ring (bicyclic) bond motifs is 1. The highest BCUT2D eigenvalue weighted by atomic mass is 16.5. The Bertz CT molecular complexity index is 535. The molecule has 1 fully saturated rings. The van der Waals surface area contributed by atoms with Crippen LogP contribution in [0.5, 0.6) is 5.75 Å². The van der Waals surface area contributed by atoms with E-state index >= 15 is 0 Å². The topological polar surface area (TPSA) is 58.6 Å². The summed E-state index contributed by atoms with van der Waals surface area (Å²) in [4.78, 5) is 12.1. The fraction of sp³-hybridized carbons (Fsp3) is 0.588. The number of carbonyl (C=O) groups excluding carboxylic acids is 1. The molecule has 0 bridgehead atoms. The molecule has 1 aromatic carbocycles. The molecule has 1 atom stereocenters. The summed E-state index contributed by atoms with van der Waals surface area (Å²) in [6.45, 7) is 3.15. The number of nitrogens with one attached hydrogen (secondary N) is 1. The lowest BCUT2D eigenvalue weighted by atomic mass is 9.75. The molecule has 0 spiro atoms. The van der Waals surface area contributed by atoms with Crippen LogP contribution in [0.25, 0.3) is 0 Å². The Morgan fingerprint density at radius 1 is 1.38 bits per heavy atom. The second-order valence-electron chi connectivity index (χ2n) is 6.19. The maximum absolute atomic E-state index is 12.1. The third-order valence-electron chi connectivity index (χ3n) is 5.09. The van der Waals surface area contributed by atoms with E-state index in [9.17, 15) is 9.90 Å². The Labute approximate surface area is 125 Å². The monoisotopic (exact) mass is 289 g/mol. The van der Waals surface area contributed by atoms with E-state index in [2.05, 4.69) is 12.2 Å². The minimum absolute atomic E-state index is 0.0314. The number of benzene rings is 1. The molecule has 0 radical (unpaired) electrons. The maximum Gasteiger partial charge on any atom is 0.255 e. The summed E-state index contributed by atoms with van der Waals surface area (Å²) >= 11 is 0. The van der Waals surface area contributed by atoms with Gasteiger partial charge in [0.1, 0.15) is 12.4 Å². The number of rotatable bonds is 3. The van der Waals surface area contributed by atoms with Gasteiger partial charge in [0, 0.05) is 5.41 Å². The molecule has 4 nitrogen and oxygen atoms in total. The third kappa shape index (κ3) is 2.53. The zero-order valence-electron chi connectivity index (χ0n) is 12.5. The zero-order chi connectivity index (χ0) is 14.9. The van der Waals surface area contributed by atoms with Gasteiger partial charge in [-0.15, -0.1) is 0 Å². The van der Waals surface area contributed by atoms with Gasteiger partial charge >= 0.3 is 0 Å². The number of aliphatic hydroxyl groups is 1. The van der Waals surface area contributed by atoms with Crippen molar-refractivity contribution >= 4 is 5.91 Å². The first kappa shape index (κ1) is 14.4. The van der Waals surface area contributed by atoms with Gasteiger partial charge in [-0.1, -0.05) is 25.8 Å². The van der Waals surface area contributed by atoms with Crippen LogP contribution in [-0.4, -0.2) is 24.2 Å². The Hall–Kier alpha value is -1.55.